The maximum absolute atomic E-state index is 13.5. The first-order chi connectivity index (χ1) is 26.3. The number of nitrogens with zero attached hydrogens (tertiary/aromatic N) is 6. The summed E-state index contributed by atoms with van der Waals surface area (Å²) < 4.78 is 62.9. The molecule has 7 heterocycles. The van der Waals surface area contributed by atoms with E-state index < -0.39 is 83.5 Å². The Morgan fingerprint density at radius 2 is 1.51 bits per heavy atom. The van der Waals surface area contributed by atoms with Gasteiger partial charge in [-0.3, -0.25) is 32.4 Å². The number of anilines is 2. The number of hydrogen-bond acceptors (Lipinski definition) is 17. The summed E-state index contributed by atoms with van der Waals surface area (Å²) in [5, 5.41) is 25.1. The first-order valence-corrected chi connectivity index (χ1v) is 19.6. The predicted molar refractivity (Wildman–Crippen MR) is 189 cm³/mol. The van der Waals surface area contributed by atoms with Crippen molar-refractivity contribution in [3.8, 4) is 11.1 Å². The second-order valence-corrected chi connectivity index (χ2v) is 15.8. The van der Waals surface area contributed by atoms with Crippen LogP contribution in [0.3, 0.4) is 0 Å². The van der Waals surface area contributed by atoms with E-state index in [9.17, 15) is 33.9 Å². The fraction of sp³-hybridized carbons (Fsp3) is 0.323. The molecule has 0 spiro atoms. The smallest absolute Gasteiger partial charge is 0.387 e. The van der Waals surface area contributed by atoms with Crippen LogP contribution in [0, 0.1) is 0 Å². The number of fused-ring (bicyclic) bond motifs is 6. The molecule has 0 radical (unpaired) electrons. The third kappa shape index (κ3) is 6.22. The van der Waals surface area contributed by atoms with E-state index in [4.69, 9.17) is 39.0 Å². The maximum Gasteiger partial charge on any atom is 0.472 e. The number of aromatic amines is 1. The van der Waals surface area contributed by atoms with Crippen molar-refractivity contribution in [1.82, 2.24) is 34.1 Å². The number of phosphoric ester groups is 2. The molecule has 24 heteroatoms. The van der Waals surface area contributed by atoms with E-state index in [1.165, 1.54) is 10.9 Å². The molecule has 3 saturated heterocycles. The standard InChI is InChI=1S/C31H31N9O13P2/c32-25-19-16(15-7-3-5-13-4-1-2-6-14(13)15)8-39(26(19)35-11-34-25)29-22(42)23-18(51-29)10-49-55(46,47)53-24-21(41)17(9-48-54(44,45)52-23)50-30(24)40-12-36-20-27(40)37-31(33)38-28(20)43/h1-8,11-12,17-18,21-24,29-30,41-42H,9-10H2,(H,44,45)(H,46,47)(H2,32,34,35)(H3,33,37,38,43)/t17-,18-,21-,22-,23-,24-,29-,30-/m1/s1. The van der Waals surface area contributed by atoms with Gasteiger partial charge in [0.15, 0.2) is 23.6 Å². The van der Waals surface area contributed by atoms with Gasteiger partial charge in [0.25, 0.3) is 5.56 Å². The Hall–Kier alpha value is -4.67. The Kier molecular flexibility index (Phi) is 8.66. The highest BCUT2D eigenvalue weighted by molar-refractivity contribution is 7.47. The number of aliphatic hydroxyl groups is 2. The van der Waals surface area contributed by atoms with E-state index in [0.717, 1.165) is 27.2 Å². The molecule has 22 nitrogen and oxygen atoms in total. The van der Waals surface area contributed by atoms with Crippen molar-refractivity contribution >= 4 is 60.4 Å². The van der Waals surface area contributed by atoms with Gasteiger partial charge in [-0.05, 0) is 16.3 Å². The summed E-state index contributed by atoms with van der Waals surface area (Å²) in [7, 11) is -10.3. The number of benzene rings is 2. The minimum atomic E-state index is -5.17. The molecule has 0 amide bonds. The molecule has 2 bridgehead atoms. The van der Waals surface area contributed by atoms with Crippen LogP contribution in [0.2, 0.25) is 0 Å². The number of imidazole rings is 1. The van der Waals surface area contributed by atoms with Gasteiger partial charge < -0.3 is 45.5 Å². The number of rotatable bonds is 3. The average molecular weight is 800 g/mol. The third-order valence-corrected chi connectivity index (χ3v) is 11.6. The number of phosphoric acid groups is 2. The maximum atomic E-state index is 13.5. The molecule has 10 atom stereocenters. The van der Waals surface area contributed by atoms with Gasteiger partial charge in [0.05, 0.1) is 24.9 Å². The van der Waals surface area contributed by atoms with Crippen LogP contribution >= 0.6 is 15.6 Å². The van der Waals surface area contributed by atoms with Crippen molar-refractivity contribution in [1.29, 1.82) is 0 Å². The van der Waals surface area contributed by atoms with Crippen LogP contribution < -0.4 is 17.0 Å². The fourth-order valence-corrected chi connectivity index (χ4v) is 9.10. The molecule has 0 aliphatic carbocycles. The quantitative estimate of drug-likeness (QED) is 0.123. The number of hydrogen-bond donors (Lipinski definition) is 7. The Morgan fingerprint density at radius 1 is 0.800 bits per heavy atom. The molecule has 6 aromatic rings. The van der Waals surface area contributed by atoms with E-state index in [-0.39, 0.29) is 28.6 Å². The zero-order chi connectivity index (χ0) is 38.4. The number of aliphatic hydroxyl groups excluding tert-OH is 2. The number of ether oxygens (including phenoxy) is 2. The topological polar surface area (TPSA) is 317 Å². The van der Waals surface area contributed by atoms with E-state index in [2.05, 4.69) is 24.9 Å². The Labute approximate surface area is 307 Å². The molecular weight excluding hydrogens is 768 g/mol. The van der Waals surface area contributed by atoms with Gasteiger partial charge in [-0.25, -0.2) is 24.1 Å². The molecule has 4 aromatic heterocycles. The number of H-pyrrole nitrogens is 1. The van der Waals surface area contributed by atoms with Crippen molar-refractivity contribution < 1.29 is 56.7 Å². The molecule has 0 saturated carbocycles. The van der Waals surface area contributed by atoms with Gasteiger partial charge in [0.2, 0.25) is 5.95 Å². The first kappa shape index (κ1) is 36.0. The van der Waals surface area contributed by atoms with Crippen LogP contribution in [0.4, 0.5) is 11.8 Å². The summed E-state index contributed by atoms with van der Waals surface area (Å²) >= 11 is 0. The second-order valence-electron chi connectivity index (χ2n) is 13.0. The molecule has 3 aliphatic rings. The number of nitrogen functional groups attached to an aromatic ring is 2. The minimum absolute atomic E-state index is 0.125. The molecule has 2 unspecified atom stereocenters. The molecular formula is C31H31N9O13P2. The van der Waals surface area contributed by atoms with Gasteiger partial charge >= 0.3 is 15.6 Å². The van der Waals surface area contributed by atoms with Crippen LogP contribution in [0.5, 0.6) is 0 Å². The molecule has 3 aliphatic heterocycles. The molecule has 288 valence electrons. The summed E-state index contributed by atoms with van der Waals surface area (Å²) in [6.07, 6.45) is -8.91. The lowest BCUT2D eigenvalue weighted by molar-refractivity contribution is -0.0671. The lowest BCUT2D eigenvalue weighted by Gasteiger charge is -2.25. The number of nitrogens with two attached hydrogens (primary N) is 2. The average Bonchev–Trinajstić information content (AvgIpc) is 3.89. The van der Waals surface area contributed by atoms with Gasteiger partial charge in [0.1, 0.15) is 54.4 Å². The normalized spacial score (nSPS) is 33.0. The monoisotopic (exact) mass is 799 g/mol. The minimum Gasteiger partial charge on any atom is -0.387 e. The van der Waals surface area contributed by atoms with Gasteiger partial charge in [-0.15, -0.1) is 0 Å². The molecule has 3 fully saturated rings. The van der Waals surface area contributed by atoms with Gasteiger partial charge in [-0.2, -0.15) is 4.98 Å². The van der Waals surface area contributed by atoms with Crippen LogP contribution in [-0.2, 0) is 36.7 Å². The lowest BCUT2D eigenvalue weighted by Crippen LogP contribution is -2.36. The van der Waals surface area contributed by atoms with Crippen molar-refractivity contribution in [2.24, 2.45) is 0 Å². The Balaban J connectivity index is 1.06. The van der Waals surface area contributed by atoms with Crippen molar-refractivity contribution in [2.45, 2.75) is 49.1 Å². The zero-order valence-corrected chi connectivity index (χ0v) is 29.8. The Morgan fingerprint density at radius 3 is 2.31 bits per heavy atom. The van der Waals surface area contributed by atoms with E-state index in [1.54, 1.807) is 6.20 Å². The fourth-order valence-electron chi connectivity index (χ4n) is 7.21. The first-order valence-electron chi connectivity index (χ1n) is 16.6. The third-order valence-electron chi connectivity index (χ3n) is 9.65. The molecule has 9 rings (SSSR count). The Bertz CT molecular complexity index is 2630. The molecule has 9 N–H and O–H groups in total. The van der Waals surface area contributed by atoms with Crippen molar-refractivity contribution in [2.75, 3.05) is 24.7 Å². The summed E-state index contributed by atoms with van der Waals surface area (Å²) in [5.41, 5.74) is 12.7. The highest BCUT2D eigenvalue weighted by Crippen LogP contribution is 2.54. The summed E-state index contributed by atoms with van der Waals surface area (Å²) in [5.74, 6) is -0.160. The van der Waals surface area contributed by atoms with Crippen molar-refractivity contribution in [3.63, 3.8) is 0 Å². The lowest BCUT2D eigenvalue weighted by atomic mass is 9.98. The highest BCUT2D eigenvalue weighted by Gasteiger charge is 2.54. The van der Waals surface area contributed by atoms with Crippen LogP contribution in [0.25, 0.3) is 44.1 Å². The number of nitrogens with one attached hydrogen (secondary N) is 1. The highest BCUT2D eigenvalue weighted by atomic mass is 31.2. The van der Waals surface area contributed by atoms with Crippen LogP contribution in [-0.4, -0.2) is 104 Å². The van der Waals surface area contributed by atoms with Crippen molar-refractivity contribution in [3.05, 3.63) is 71.7 Å². The summed E-state index contributed by atoms with van der Waals surface area (Å²) in [4.78, 5) is 53.1. The summed E-state index contributed by atoms with van der Waals surface area (Å²) in [6, 6.07) is 13.3. The predicted octanol–water partition coefficient (Wildman–Crippen LogP) is 1.08. The van der Waals surface area contributed by atoms with Gasteiger partial charge in [0, 0.05) is 11.8 Å². The second kappa shape index (κ2) is 13.2. The van der Waals surface area contributed by atoms with Crippen LogP contribution in [0.1, 0.15) is 12.5 Å². The summed E-state index contributed by atoms with van der Waals surface area (Å²) in [6.45, 7) is -1.67. The van der Waals surface area contributed by atoms with Gasteiger partial charge in [-0.1, -0.05) is 42.5 Å². The molecule has 2 aromatic carbocycles. The largest absolute Gasteiger partial charge is 0.472 e. The van der Waals surface area contributed by atoms with E-state index >= 15 is 0 Å². The SMILES string of the molecule is Nc1nc2c(ncn2[C@@H]2O[C@@H]3COP(=O)(O)O[C@H]4[C@@H](O)[C@H](n5cc(-c6cccc7ccccc67)c6c(N)ncnc65)O[C@@H]4COP(=O)(O)O[C@@H]2[C@@H]3O)c(=O)[nH]1. The van der Waals surface area contributed by atoms with Crippen LogP contribution in [0.15, 0.2) is 66.1 Å². The van der Waals surface area contributed by atoms with E-state index in [0.29, 0.717) is 10.9 Å². The molecule has 55 heavy (non-hydrogen) atoms. The van der Waals surface area contributed by atoms with E-state index in [1.807, 2.05) is 42.5 Å². The number of aromatic nitrogens is 7. The zero-order valence-electron chi connectivity index (χ0n) is 28.0.